The van der Waals surface area contributed by atoms with Crippen LogP contribution in [0.5, 0.6) is 11.6 Å². The van der Waals surface area contributed by atoms with Crippen molar-refractivity contribution in [2.24, 2.45) is 0 Å². The molecule has 0 spiro atoms. The zero-order chi connectivity index (χ0) is 11.4. The van der Waals surface area contributed by atoms with Crippen LogP contribution in [0.15, 0.2) is 36.7 Å². The highest BCUT2D eigenvalue weighted by atomic mass is 35.5. The molecule has 16 heavy (non-hydrogen) atoms. The topological polar surface area (TPSA) is 35.0 Å². The normalized spacial score (nSPS) is 10.1. The Balaban J connectivity index is 2.20. The van der Waals surface area contributed by atoms with Gasteiger partial charge in [0.2, 0.25) is 5.88 Å². The first-order valence-corrected chi connectivity index (χ1v) is 5.43. The average molecular weight is 235 g/mol. The van der Waals surface area contributed by atoms with E-state index in [1.54, 1.807) is 12.4 Å². The molecule has 0 amide bonds. The average Bonchev–Trinajstić information content (AvgIpc) is 2.29. The molecule has 4 heteroatoms. The minimum atomic E-state index is 0.469. The van der Waals surface area contributed by atoms with Gasteiger partial charge in [-0.2, -0.15) is 0 Å². The van der Waals surface area contributed by atoms with Crippen molar-refractivity contribution in [2.75, 3.05) is 0 Å². The van der Waals surface area contributed by atoms with E-state index in [4.69, 9.17) is 16.3 Å². The summed E-state index contributed by atoms with van der Waals surface area (Å²) in [6.45, 7) is 1.87. The number of benzene rings is 1. The van der Waals surface area contributed by atoms with Gasteiger partial charge in [-0.15, -0.1) is 11.6 Å². The molecule has 82 valence electrons. The molecule has 2 aromatic rings. The predicted molar refractivity (Wildman–Crippen MR) is 62.8 cm³/mol. The highest BCUT2D eigenvalue weighted by molar-refractivity contribution is 6.17. The highest BCUT2D eigenvalue weighted by Gasteiger charge is 2.00. The number of halogens is 1. The van der Waals surface area contributed by atoms with Gasteiger partial charge in [0.25, 0.3) is 0 Å². The molecule has 0 saturated heterocycles. The Morgan fingerprint density at radius 3 is 2.94 bits per heavy atom. The molecule has 0 saturated carbocycles. The fourth-order valence-corrected chi connectivity index (χ4v) is 1.47. The third-order valence-corrected chi connectivity index (χ3v) is 2.32. The maximum Gasteiger partial charge on any atom is 0.238 e. The standard InChI is InChI=1S/C12H11ClN2O/c1-9-7-14-8-12(15-9)16-11-4-2-3-10(5-11)6-13/h2-5,7-8H,6H2,1H3. The van der Waals surface area contributed by atoms with Crippen LogP contribution < -0.4 is 4.74 Å². The van der Waals surface area contributed by atoms with Gasteiger partial charge in [-0.25, -0.2) is 4.98 Å². The molecule has 0 bridgehead atoms. The summed E-state index contributed by atoms with van der Waals surface area (Å²) in [5, 5.41) is 0. The molecule has 3 nitrogen and oxygen atoms in total. The van der Waals surface area contributed by atoms with Gasteiger partial charge in [0.05, 0.1) is 11.9 Å². The van der Waals surface area contributed by atoms with E-state index < -0.39 is 0 Å². The lowest BCUT2D eigenvalue weighted by molar-refractivity contribution is 0.458. The van der Waals surface area contributed by atoms with Crippen molar-refractivity contribution in [3.8, 4) is 11.6 Å². The summed E-state index contributed by atoms with van der Waals surface area (Å²) in [5.74, 6) is 1.68. The lowest BCUT2D eigenvalue weighted by Crippen LogP contribution is -1.91. The van der Waals surface area contributed by atoms with Crippen molar-refractivity contribution in [1.29, 1.82) is 0 Å². The van der Waals surface area contributed by atoms with Crippen LogP contribution in [0.25, 0.3) is 0 Å². The van der Waals surface area contributed by atoms with Crippen molar-refractivity contribution in [3.63, 3.8) is 0 Å². The Bertz CT molecular complexity index is 488. The quantitative estimate of drug-likeness (QED) is 0.765. The molecule has 0 aliphatic rings. The van der Waals surface area contributed by atoms with E-state index in [9.17, 15) is 0 Å². The van der Waals surface area contributed by atoms with E-state index >= 15 is 0 Å². The van der Waals surface area contributed by atoms with Gasteiger partial charge < -0.3 is 4.74 Å². The first-order valence-electron chi connectivity index (χ1n) is 4.89. The minimum Gasteiger partial charge on any atom is -0.437 e. The van der Waals surface area contributed by atoms with Crippen LogP contribution in [-0.2, 0) is 5.88 Å². The SMILES string of the molecule is Cc1cncc(Oc2cccc(CCl)c2)n1. The van der Waals surface area contributed by atoms with Crippen molar-refractivity contribution in [2.45, 2.75) is 12.8 Å². The van der Waals surface area contributed by atoms with Crippen molar-refractivity contribution in [3.05, 3.63) is 47.9 Å². The maximum atomic E-state index is 5.74. The number of hydrogen-bond donors (Lipinski definition) is 0. The molecule has 2 rings (SSSR count). The van der Waals surface area contributed by atoms with E-state index in [1.807, 2.05) is 31.2 Å². The van der Waals surface area contributed by atoms with Crippen LogP contribution in [0.1, 0.15) is 11.3 Å². The largest absolute Gasteiger partial charge is 0.437 e. The number of alkyl halides is 1. The molecule has 0 fully saturated rings. The van der Waals surface area contributed by atoms with Crippen molar-refractivity contribution < 1.29 is 4.74 Å². The fraction of sp³-hybridized carbons (Fsp3) is 0.167. The zero-order valence-corrected chi connectivity index (χ0v) is 9.61. The van der Waals surface area contributed by atoms with Crippen LogP contribution in [0, 0.1) is 6.92 Å². The van der Waals surface area contributed by atoms with Crippen molar-refractivity contribution >= 4 is 11.6 Å². The summed E-state index contributed by atoms with van der Waals surface area (Å²) in [7, 11) is 0. The zero-order valence-electron chi connectivity index (χ0n) is 8.85. The highest BCUT2D eigenvalue weighted by Crippen LogP contribution is 2.20. The molecule has 1 aromatic carbocycles. The van der Waals surface area contributed by atoms with E-state index in [0.717, 1.165) is 17.0 Å². The monoisotopic (exact) mass is 234 g/mol. The molecule has 0 aliphatic carbocycles. The van der Waals surface area contributed by atoms with Crippen LogP contribution in [-0.4, -0.2) is 9.97 Å². The Kier molecular flexibility index (Phi) is 3.37. The van der Waals surface area contributed by atoms with Crippen molar-refractivity contribution in [1.82, 2.24) is 9.97 Å². The van der Waals surface area contributed by atoms with Gasteiger partial charge in [-0.1, -0.05) is 12.1 Å². The smallest absolute Gasteiger partial charge is 0.238 e. The fourth-order valence-electron chi connectivity index (χ4n) is 1.30. The predicted octanol–water partition coefficient (Wildman–Crippen LogP) is 3.32. The van der Waals surface area contributed by atoms with Crippen LogP contribution in [0.4, 0.5) is 0 Å². The van der Waals surface area contributed by atoms with Gasteiger partial charge >= 0.3 is 0 Å². The van der Waals surface area contributed by atoms with Gasteiger partial charge in [-0.3, -0.25) is 4.98 Å². The maximum absolute atomic E-state index is 5.74. The summed E-state index contributed by atoms with van der Waals surface area (Å²) < 4.78 is 5.57. The lowest BCUT2D eigenvalue weighted by atomic mass is 10.2. The molecule has 0 N–H and O–H groups in total. The number of aromatic nitrogens is 2. The third kappa shape index (κ3) is 2.70. The van der Waals surface area contributed by atoms with E-state index in [2.05, 4.69) is 9.97 Å². The van der Waals surface area contributed by atoms with Gasteiger partial charge in [0.15, 0.2) is 0 Å². The second-order valence-corrected chi connectivity index (χ2v) is 3.65. The molecule has 0 aliphatic heterocycles. The second-order valence-electron chi connectivity index (χ2n) is 3.38. The van der Waals surface area contributed by atoms with E-state index in [-0.39, 0.29) is 0 Å². The number of ether oxygens (including phenoxy) is 1. The second kappa shape index (κ2) is 4.94. The van der Waals surface area contributed by atoms with Crippen LogP contribution in [0.2, 0.25) is 0 Å². The Morgan fingerprint density at radius 2 is 2.19 bits per heavy atom. The summed E-state index contributed by atoms with van der Waals surface area (Å²) >= 11 is 5.74. The molecule has 0 atom stereocenters. The summed E-state index contributed by atoms with van der Waals surface area (Å²) in [6, 6.07) is 7.59. The van der Waals surface area contributed by atoms with Gasteiger partial charge in [0, 0.05) is 12.1 Å². The Morgan fingerprint density at radius 1 is 1.31 bits per heavy atom. The number of rotatable bonds is 3. The minimum absolute atomic E-state index is 0.469. The third-order valence-electron chi connectivity index (χ3n) is 2.01. The van der Waals surface area contributed by atoms with Gasteiger partial charge in [-0.05, 0) is 24.6 Å². The summed E-state index contributed by atoms with van der Waals surface area (Å²) in [4.78, 5) is 8.22. The van der Waals surface area contributed by atoms with Crippen LogP contribution in [0.3, 0.4) is 0 Å². The molecule has 1 heterocycles. The summed E-state index contributed by atoms with van der Waals surface area (Å²) in [6.07, 6.45) is 3.27. The Hall–Kier alpha value is -1.61. The van der Waals surface area contributed by atoms with E-state index in [0.29, 0.717) is 11.8 Å². The first-order chi connectivity index (χ1) is 7.78. The number of hydrogen-bond acceptors (Lipinski definition) is 3. The molecular formula is C12H11ClN2O. The first kappa shape index (κ1) is 10.9. The summed E-state index contributed by atoms with van der Waals surface area (Å²) in [5.41, 5.74) is 1.84. The number of aryl methyl sites for hydroxylation is 1. The van der Waals surface area contributed by atoms with Gasteiger partial charge in [0.1, 0.15) is 5.75 Å². The lowest BCUT2D eigenvalue weighted by Gasteiger charge is -2.05. The molecular weight excluding hydrogens is 224 g/mol. The number of nitrogens with zero attached hydrogens (tertiary/aromatic N) is 2. The van der Waals surface area contributed by atoms with E-state index in [1.165, 1.54) is 0 Å². The Labute approximate surface area is 99.1 Å². The molecule has 1 aromatic heterocycles. The van der Waals surface area contributed by atoms with Crippen LogP contribution >= 0.6 is 11.6 Å². The molecule has 0 unspecified atom stereocenters. The molecule has 0 radical (unpaired) electrons.